The normalized spacial score (nSPS) is 30.8. The molecule has 0 N–H and O–H groups in total. The minimum Gasteiger partial charge on any atom is -0.378 e. The average Bonchev–Trinajstić information content (AvgIpc) is 2.64. The van der Waals surface area contributed by atoms with Gasteiger partial charge in [0.15, 0.2) is 0 Å². The van der Waals surface area contributed by atoms with Crippen molar-refractivity contribution in [2.75, 3.05) is 6.61 Å². The van der Waals surface area contributed by atoms with Crippen LogP contribution in [0.4, 0.5) is 0 Å². The minimum absolute atomic E-state index is 0.294. The first-order valence-corrected chi connectivity index (χ1v) is 10.8. The van der Waals surface area contributed by atoms with Crippen LogP contribution in [0, 0.1) is 29.1 Å². The maximum atomic E-state index is 8.94. The largest absolute Gasteiger partial charge is 0.378 e. The van der Waals surface area contributed by atoms with Crippen LogP contribution in [-0.4, -0.2) is 12.7 Å². The Morgan fingerprint density at radius 3 is 2.00 bits per heavy atom. The third kappa shape index (κ3) is 7.56. The summed E-state index contributed by atoms with van der Waals surface area (Å²) >= 11 is 0. The van der Waals surface area contributed by atoms with E-state index in [1.807, 2.05) is 0 Å². The molecule has 0 aromatic heterocycles. The summed E-state index contributed by atoms with van der Waals surface area (Å²) in [5.74, 6) is 2.29. The highest BCUT2D eigenvalue weighted by molar-refractivity contribution is 4.87. The van der Waals surface area contributed by atoms with E-state index in [0.717, 1.165) is 44.1 Å². The van der Waals surface area contributed by atoms with E-state index in [-0.39, 0.29) is 0 Å². The average molecular weight is 334 g/mol. The van der Waals surface area contributed by atoms with Gasteiger partial charge in [-0.3, -0.25) is 0 Å². The Kier molecular flexibility index (Phi) is 9.81. The topological polar surface area (TPSA) is 33.0 Å². The van der Waals surface area contributed by atoms with Gasteiger partial charge in [-0.15, -0.1) is 0 Å². The molecule has 0 saturated heterocycles. The van der Waals surface area contributed by atoms with Crippen molar-refractivity contribution < 1.29 is 4.74 Å². The molecule has 0 aromatic rings. The molecule has 2 rings (SSSR count). The standard InChI is InChI=1S/C22H39NO/c1-2-3-4-5-7-19-9-11-20(12-10-19)8-6-17-24-22-15-13-21(18-23)14-16-22/h19-22H,2-17H2,1H3/t19-,20-,21?,22?. The molecule has 0 atom stereocenters. The molecular formula is C22H39NO. The van der Waals surface area contributed by atoms with E-state index >= 15 is 0 Å². The van der Waals surface area contributed by atoms with Gasteiger partial charge in [0.25, 0.3) is 0 Å². The Balaban J connectivity index is 1.44. The first-order valence-electron chi connectivity index (χ1n) is 10.8. The lowest BCUT2D eigenvalue weighted by Gasteiger charge is -2.29. The van der Waals surface area contributed by atoms with Crippen LogP contribution >= 0.6 is 0 Å². The number of nitriles is 1. The highest BCUT2D eigenvalue weighted by atomic mass is 16.5. The van der Waals surface area contributed by atoms with E-state index in [1.54, 1.807) is 0 Å². The summed E-state index contributed by atoms with van der Waals surface area (Å²) in [6.07, 6.45) is 20.4. The molecule has 0 unspecified atom stereocenters. The molecule has 0 aromatic carbocycles. The quantitative estimate of drug-likeness (QED) is 0.420. The van der Waals surface area contributed by atoms with Crippen molar-refractivity contribution in [1.29, 1.82) is 5.26 Å². The van der Waals surface area contributed by atoms with E-state index < -0.39 is 0 Å². The summed E-state index contributed by atoms with van der Waals surface area (Å²) in [5.41, 5.74) is 0. The fraction of sp³-hybridized carbons (Fsp3) is 0.955. The lowest BCUT2D eigenvalue weighted by Crippen LogP contribution is -2.22. The Hall–Kier alpha value is -0.550. The number of hydrogen-bond donors (Lipinski definition) is 0. The van der Waals surface area contributed by atoms with Gasteiger partial charge in [-0.25, -0.2) is 0 Å². The second kappa shape index (κ2) is 11.9. The highest BCUT2D eigenvalue weighted by Gasteiger charge is 2.22. The molecule has 0 radical (unpaired) electrons. The van der Waals surface area contributed by atoms with E-state index in [9.17, 15) is 0 Å². The molecule has 2 aliphatic carbocycles. The first kappa shape index (κ1) is 19.8. The van der Waals surface area contributed by atoms with Crippen molar-refractivity contribution >= 4 is 0 Å². The monoisotopic (exact) mass is 333 g/mol. The molecule has 0 spiro atoms. The molecule has 2 saturated carbocycles. The number of rotatable bonds is 10. The van der Waals surface area contributed by atoms with Crippen LogP contribution in [0.1, 0.15) is 103 Å². The summed E-state index contributed by atoms with van der Waals surface area (Å²) < 4.78 is 6.05. The molecule has 138 valence electrons. The summed E-state index contributed by atoms with van der Waals surface area (Å²) in [6, 6.07) is 2.40. The zero-order valence-electron chi connectivity index (χ0n) is 16.0. The van der Waals surface area contributed by atoms with E-state index in [2.05, 4.69) is 13.0 Å². The number of ether oxygens (including phenoxy) is 1. The summed E-state index contributed by atoms with van der Waals surface area (Å²) in [7, 11) is 0. The fourth-order valence-electron chi connectivity index (χ4n) is 4.65. The predicted molar refractivity (Wildman–Crippen MR) is 101 cm³/mol. The molecule has 0 heterocycles. The van der Waals surface area contributed by atoms with Crippen molar-refractivity contribution in [2.45, 2.75) is 109 Å². The van der Waals surface area contributed by atoms with Gasteiger partial charge in [0.05, 0.1) is 12.2 Å². The fourth-order valence-corrected chi connectivity index (χ4v) is 4.65. The molecule has 0 aliphatic heterocycles. The Morgan fingerprint density at radius 1 is 0.792 bits per heavy atom. The Bertz CT molecular complexity index is 345. The molecule has 2 heteroatoms. The second-order valence-electron chi connectivity index (χ2n) is 8.35. The van der Waals surface area contributed by atoms with Crippen LogP contribution in [0.5, 0.6) is 0 Å². The molecular weight excluding hydrogens is 294 g/mol. The molecule has 2 nitrogen and oxygen atoms in total. The van der Waals surface area contributed by atoms with Gasteiger partial charge in [-0.05, 0) is 50.4 Å². The van der Waals surface area contributed by atoms with Crippen molar-refractivity contribution in [3.63, 3.8) is 0 Å². The van der Waals surface area contributed by atoms with Crippen LogP contribution in [0.25, 0.3) is 0 Å². The van der Waals surface area contributed by atoms with Crippen LogP contribution < -0.4 is 0 Å². The van der Waals surface area contributed by atoms with Gasteiger partial charge >= 0.3 is 0 Å². The van der Waals surface area contributed by atoms with Crippen molar-refractivity contribution in [1.82, 2.24) is 0 Å². The van der Waals surface area contributed by atoms with Crippen LogP contribution in [-0.2, 0) is 4.74 Å². The SMILES string of the molecule is CCCCCC[C@H]1CC[C@H](CCCOC2CCC(C#N)CC2)CC1. The zero-order chi connectivity index (χ0) is 17.0. The van der Waals surface area contributed by atoms with Gasteiger partial charge in [0.1, 0.15) is 0 Å². The van der Waals surface area contributed by atoms with Crippen molar-refractivity contribution in [2.24, 2.45) is 17.8 Å². The van der Waals surface area contributed by atoms with Crippen molar-refractivity contribution in [3.8, 4) is 6.07 Å². The van der Waals surface area contributed by atoms with E-state index in [0.29, 0.717) is 12.0 Å². The zero-order valence-corrected chi connectivity index (χ0v) is 16.0. The van der Waals surface area contributed by atoms with Gasteiger partial charge in [0.2, 0.25) is 0 Å². The Labute approximate surface area is 150 Å². The third-order valence-electron chi connectivity index (χ3n) is 6.40. The number of unbranched alkanes of at least 4 members (excludes halogenated alkanes) is 3. The number of nitrogens with zero attached hydrogens (tertiary/aromatic N) is 1. The maximum Gasteiger partial charge on any atom is 0.0655 e. The van der Waals surface area contributed by atoms with Crippen LogP contribution in [0.3, 0.4) is 0 Å². The Morgan fingerprint density at radius 2 is 1.42 bits per heavy atom. The lowest BCUT2D eigenvalue weighted by molar-refractivity contribution is 0.0187. The van der Waals surface area contributed by atoms with E-state index in [1.165, 1.54) is 70.6 Å². The maximum absolute atomic E-state index is 8.94. The number of hydrogen-bond acceptors (Lipinski definition) is 2. The molecule has 2 fully saturated rings. The highest BCUT2D eigenvalue weighted by Crippen LogP contribution is 2.34. The van der Waals surface area contributed by atoms with Gasteiger partial charge in [-0.1, -0.05) is 64.7 Å². The molecule has 0 bridgehead atoms. The third-order valence-corrected chi connectivity index (χ3v) is 6.40. The minimum atomic E-state index is 0.294. The first-order chi connectivity index (χ1) is 11.8. The molecule has 2 aliphatic rings. The summed E-state index contributed by atoms with van der Waals surface area (Å²) in [5, 5.41) is 8.94. The summed E-state index contributed by atoms with van der Waals surface area (Å²) in [4.78, 5) is 0. The van der Waals surface area contributed by atoms with Gasteiger partial charge in [0, 0.05) is 12.5 Å². The van der Waals surface area contributed by atoms with Gasteiger partial charge in [-0.2, -0.15) is 5.26 Å². The summed E-state index contributed by atoms with van der Waals surface area (Å²) in [6.45, 7) is 3.24. The molecule has 0 amide bonds. The smallest absolute Gasteiger partial charge is 0.0655 e. The van der Waals surface area contributed by atoms with E-state index in [4.69, 9.17) is 10.00 Å². The van der Waals surface area contributed by atoms with Crippen LogP contribution in [0.2, 0.25) is 0 Å². The van der Waals surface area contributed by atoms with Gasteiger partial charge < -0.3 is 4.74 Å². The predicted octanol–water partition coefficient (Wildman–Crippen LogP) is 6.64. The molecule has 24 heavy (non-hydrogen) atoms. The second-order valence-corrected chi connectivity index (χ2v) is 8.35. The van der Waals surface area contributed by atoms with Crippen LogP contribution in [0.15, 0.2) is 0 Å². The van der Waals surface area contributed by atoms with Crippen molar-refractivity contribution in [3.05, 3.63) is 0 Å². The lowest BCUT2D eigenvalue weighted by atomic mass is 9.78.